The number of hydrogen-bond acceptors (Lipinski definition) is 2. The highest BCUT2D eigenvalue weighted by Gasteiger charge is 1.91. The Morgan fingerprint density at radius 1 is 1.50 bits per heavy atom. The van der Waals surface area contributed by atoms with Crippen LogP contribution in [0.1, 0.15) is 5.82 Å². The molecule has 2 heterocycles. The Bertz CT molecular complexity index is 350. The van der Waals surface area contributed by atoms with E-state index in [1.54, 1.807) is 0 Å². The van der Waals surface area contributed by atoms with Gasteiger partial charge in [0, 0.05) is 6.20 Å². The maximum atomic E-state index is 4.14. The number of rotatable bonds is 0. The molecule has 0 amide bonds. The molecule has 0 saturated carbocycles. The van der Waals surface area contributed by atoms with Crippen LogP contribution in [0.5, 0.6) is 0 Å². The van der Waals surface area contributed by atoms with Crippen molar-refractivity contribution in [2.24, 2.45) is 0 Å². The van der Waals surface area contributed by atoms with Gasteiger partial charge in [0.2, 0.25) is 0 Å². The summed E-state index contributed by atoms with van der Waals surface area (Å²) in [6.45, 7) is 1.87. The fourth-order valence-corrected chi connectivity index (χ4v) is 0.920. The van der Waals surface area contributed by atoms with E-state index in [9.17, 15) is 0 Å². The van der Waals surface area contributed by atoms with Crippen molar-refractivity contribution in [1.29, 1.82) is 0 Å². The highest BCUT2D eigenvalue weighted by Crippen LogP contribution is 1.98. The van der Waals surface area contributed by atoms with Gasteiger partial charge in [-0.25, -0.2) is 9.50 Å². The molecule has 0 aliphatic heterocycles. The van der Waals surface area contributed by atoms with Crippen LogP contribution in [0.15, 0.2) is 24.5 Å². The first-order chi connectivity index (χ1) is 4.86. The molecule has 0 aliphatic rings. The SMILES string of the molecule is Cc1ncc2cccn2n1. The Kier molecular flexibility index (Phi) is 0.974. The van der Waals surface area contributed by atoms with Crippen LogP contribution < -0.4 is 0 Å². The van der Waals surface area contributed by atoms with Gasteiger partial charge in [0.15, 0.2) is 0 Å². The smallest absolute Gasteiger partial charge is 0.146 e. The summed E-state index contributed by atoms with van der Waals surface area (Å²) in [6, 6.07) is 3.92. The molecule has 0 unspecified atom stereocenters. The van der Waals surface area contributed by atoms with Crippen molar-refractivity contribution < 1.29 is 0 Å². The zero-order valence-corrected chi connectivity index (χ0v) is 5.65. The zero-order chi connectivity index (χ0) is 6.97. The van der Waals surface area contributed by atoms with E-state index in [4.69, 9.17) is 0 Å². The Morgan fingerprint density at radius 3 is 3.30 bits per heavy atom. The Hall–Kier alpha value is -1.38. The summed E-state index contributed by atoms with van der Waals surface area (Å²) < 4.78 is 1.81. The van der Waals surface area contributed by atoms with Crippen molar-refractivity contribution >= 4 is 5.52 Å². The fraction of sp³-hybridized carbons (Fsp3) is 0.143. The number of hydrogen-bond donors (Lipinski definition) is 0. The van der Waals surface area contributed by atoms with Gasteiger partial charge >= 0.3 is 0 Å². The number of fused-ring (bicyclic) bond motifs is 1. The van der Waals surface area contributed by atoms with Gasteiger partial charge in [-0.05, 0) is 19.1 Å². The lowest BCUT2D eigenvalue weighted by molar-refractivity contribution is 0.856. The van der Waals surface area contributed by atoms with E-state index in [1.165, 1.54) is 0 Å². The monoisotopic (exact) mass is 133 g/mol. The average molecular weight is 133 g/mol. The van der Waals surface area contributed by atoms with Gasteiger partial charge in [-0.3, -0.25) is 0 Å². The third-order valence-corrected chi connectivity index (χ3v) is 1.39. The van der Waals surface area contributed by atoms with Crippen LogP contribution in [0.4, 0.5) is 0 Å². The quantitative estimate of drug-likeness (QED) is 0.537. The van der Waals surface area contributed by atoms with Crippen molar-refractivity contribution in [2.45, 2.75) is 6.92 Å². The molecule has 50 valence electrons. The molecule has 3 nitrogen and oxygen atoms in total. The summed E-state index contributed by atoms with van der Waals surface area (Å²) in [5.41, 5.74) is 1.03. The van der Waals surface area contributed by atoms with E-state index in [1.807, 2.05) is 36.0 Å². The van der Waals surface area contributed by atoms with Crippen LogP contribution in [0.3, 0.4) is 0 Å². The summed E-state index contributed by atoms with van der Waals surface area (Å²) in [5.74, 6) is 0.795. The minimum atomic E-state index is 0.795. The zero-order valence-electron chi connectivity index (χ0n) is 5.65. The lowest BCUT2D eigenvalue weighted by Crippen LogP contribution is -1.94. The predicted octanol–water partition coefficient (Wildman–Crippen LogP) is 1.04. The first-order valence-electron chi connectivity index (χ1n) is 3.13. The predicted molar refractivity (Wildman–Crippen MR) is 37.7 cm³/mol. The third kappa shape index (κ3) is 0.673. The lowest BCUT2D eigenvalue weighted by Gasteiger charge is -1.92. The number of nitrogens with zero attached hydrogens (tertiary/aromatic N) is 3. The molecule has 2 aromatic heterocycles. The van der Waals surface area contributed by atoms with Crippen LogP contribution in [0, 0.1) is 6.92 Å². The standard InChI is InChI=1S/C7H7N3/c1-6-8-5-7-3-2-4-10(7)9-6/h2-5H,1H3. The van der Waals surface area contributed by atoms with Crippen LogP contribution >= 0.6 is 0 Å². The minimum Gasteiger partial charge on any atom is -0.238 e. The van der Waals surface area contributed by atoms with Gasteiger partial charge in [0.05, 0.1) is 11.7 Å². The summed E-state index contributed by atoms with van der Waals surface area (Å²) in [7, 11) is 0. The molecular weight excluding hydrogens is 126 g/mol. The molecule has 2 aromatic rings. The van der Waals surface area contributed by atoms with Crippen LogP contribution in [-0.2, 0) is 0 Å². The molecule has 0 bridgehead atoms. The van der Waals surface area contributed by atoms with Gasteiger partial charge in [-0.1, -0.05) is 0 Å². The van der Waals surface area contributed by atoms with E-state index in [0.29, 0.717) is 0 Å². The number of aromatic nitrogens is 3. The number of aryl methyl sites for hydroxylation is 1. The normalized spacial score (nSPS) is 10.5. The highest BCUT2D eigenvalue weighted by atomic mass is 15.2. The lowest BCUT2D eigenvalue weighted by atomic mass is 10.5. The molecular formula is C7H7N3. The first-order valence-corrected chi connectivity index (χ1v) is 3.13. The molecule has 0 fully saturated rings. The van der Waals surface area contributed by atoms with E-state index >= 15 is 0 Å². The molecule has 0 atom stereocenters. The Balaban J connectivity index is 2.86. The second-order valence-electron chi connectivity index (χ2n) is 2.18. The van der Waals surface area contributed by atoms with Gasteiger partial charge in [0.1, 0.15) is 5.82 Å². The third-order valence-electron chi connectivity index (χ3n) is 1.39. The van der Waals surface area contributed by atoms with Crippen molar-refractivity contribution in [3.8, 4) is 0 Å². The summed E-state index contributed by atoms with van der Waals surface area (Å²) in [5, 5.41) is 4.14. The van der Waals surface area contributed by atoms with Crippen LogP contribution in [0.2, 0.25) is 0 Å². The average Bonchev–Trinajstić information content (AvgIpc) is 2.33. The second-order valence-corrected chi connectivity index (χ2v) is 2.18. The van der Waals surface area contributed by atoms with E-state index < -0.39 is 0 Å². The van der Waals surface area contributed by atoms with Gasteiger partial charge in [-0.15, -0.1) is 0 Å². The van der Waals surface area contributed by atoms with Crippen LogP contribution in [0.25, 0.3) is 5.52 Å². The van der Waals surface area contributed by atoms with Crippen molar-refractivity contribution in [2.75, 3.05) is 0 Å². The molecule has 0 aromatic carbocycles. The molecule has 0 radical (unpaired) electrons. The molecule has 0 saturated heterocycles. The van der Waals surface area contributed by atoms with E-state index in [0.717, 1.165) is 11.3 Å². The van der Waals surface area contributed by atoms with Crippen molar-refractivity contribution in [3.63, 3.8) is 0 Å². The second kappa shape index (κ2) is 1.80. The minimum absolute atomic E-state index is 0.795. The van der Waals surface area contributed by atoms with Gasteiger partial charge in [-0.2, -0.15) is 5.10 Å². The summed E-state index contributed by atoms with van der Waals surface area (Å²) in [6.07, 6.45) is 3.71. The Morgan fingerprint density at radius 2 is 2.40 bits per heavy atom. The summed E-state index contributed by atoms with van der Waals surface area (Å²) in [4.78, 5) is 4.05. The van der Waals surface area contributed by atoms with Crippen molar-refractivity contribution in [3.05, 3.63) is 30.4 Å². The maximum Gasteiger partial charge on any atom is 0.146 e. The van der Waals surface area contributed by atoms with E-state index in [2.05, 4.69) is 10.1 Å². The molecule has 3 heteroatoms. The topological polar surface area (TPSA) is 30.2 Å². The fourth-order valence-electron chi connectivity index (χ4n) is 0.920. The summed E-state index contributed by atoms with van der Waals surface area (Å²) >= 11 is 0. The highest BCUT2D eigenvalue weighted by molar-refractivity contribution is 5.43. The van der Waals surface area contributed by atoms with Crippen molar-refractivity contribution in [1.82, 2.24) is 14.6 Å². The molecule has 10 heavy (non-hydrogen) atoms. The largest absolute Gasteiger partial charge is 0.238 e. The van der Waals surface area contributed by atoms with E-state index in [-0.39, 0.29) is 0 Å². The molecule has 0 spiro atoms. The molecule has 2 rings (SSSR count). The Labute approximate surface area is 58.3 Å². The van der Waals surface area contributed by atoms with Crippen LogP contribution in [-0.4, -0.2) is 14.6 Å². The maximum absolute atomic E-state index is 4.14. The first kappa shape index (κ1) is 5.41. The molecule has 0 aliphatic carbocycles. The van der Waals surface area contributed by atoms with Gasteiger partial charge in [0.25, 0.3) is 0 Å². The molecule has 0 N–H and O–H groups in total. The van der Waals surface area contributed by atoms with Gasteiger partial charge < -0.3 is 0 Å².